The number of hydrogen-bond acceptors (Lipinski definition) is 1. The summed E-state index contributed by atoms with van der Waals surface area (Å²) in [4.78, 5) is 0. The summed E-state index contributed by atoms with van der Waals surface area (Å²) < 4.78 is 0. The van der Waals surface area contributed by atoms with Gasteiger partial charge in [0.25, 0.3) is 0 Å². The molecule has 2 atom stereocenters. The molecule has 1 heteroatoms. The summed E-state index contributed by atoms with van der Waals surface area (Å²) in [5.74, 6) is 6.67. The molecule has 0 aliphatic heterocycles. The predicted molar refractivity (Wildman–Crippen MR) is 34.4 cm³/mol. The SMILES string of the molecule is CC#CC1CC1NC. The molecule has 0 spiro atoms. The minimum atomic E-state index is 0.657. The third-order valence-electron chi connectivity index (χ3n) is 1.49. The van der Waals surface area contributed by atoms with E-state index in [1.807, 2.05) is 14.0 Å². The lowest BCUT2D eigenvalue weighted by Crippen LogP contribution is -2.09. The molecule has 0 aromatic carbocycles. The van der Waals surface area contributed by atoms with Gasteiger partial charge in [-0.15, -0.1) is 5.92 Å². The van der Waals surface area contributed by atoms with Crippen molar-refractivity contribution in [1.82, 2.24) is 5.32 Å². The average Bonchev–Trinajstić information content (AvgIpc) is 2.48. The van der Waals surface area contributed by atoms with Crippen LogP contribution in [0.25, 0.3) is 0 Å². The zero-order valence-electron chi connectivity index (χ0n) is 5.36. The molecule has 1 nitrogen and oxygen atoms in total. The van der Waals surface area contributed by atoms with Crippen LogP contribution >= 0.6 is 0 Å². The van der Waals surface area contributed by atoms with Crippen LogP contribution in [0.2, 0.25) is 0 Å². The molecule has 0 aromatic rings. The van der Waals surface area contributed by atoms with E-state index >= 15 is 0 Å². The van der Waals surface area contributed by atoms with Crippen LogP contribution < -0.4 is 5.32 Å². The van der Waals surface area contributed by atoms with E-state index in [2.05, 4.69) is 17.2 Å². The zero-order valence-corrected chi connectivity index (χ0v) is 5.36. The van der Waals surface area contributed by atoms with Gasteiger partial charge < -0.3 is 5.32 Å². The highest BCUT2D eigenvalue weighted by Crippen LogP contribution is 2.28. The Kier molecular flexibility index (Phi) is 1.55. The van der Waals surface area contributed by atoms with Crippen LogP contribution in [0.5, 0.6) is 0 Å². The van der Waals surface area contributed by atoms with Crippen LogP contribution in [0, 0.1) is 17.8 Å². The molecule has 0 aromatic heterocycles. The van der Waals surface area contributed by atoms with Crippen molar-refractivity contribution in [3.8, 4) is 11.8 Å². The third kappa shape index (κ3) is 1.02. The van der Waals surface area contributed by atoms with E-state index < -0.39 is 0 Å². The van der Waals surface area contributed by atoms with Crippen LogP contribution in [0.4, 0.5) is 0 Å². The van der Waals surface area contributed by atoms with Gasteiger partial charge in [0.2, 0.25) is 0 Å². The van der Waals surface area contributed by atoms with Gasteiger partial charge in [0.05, 0.1) is 0 Å². The fourth-order valence-corrected chi connectivity index (χ4v) is 0.859. The number of hydrogen-bond donors (Lipinski definition) is 1. The third-order valence-corrected chi connectivity index (χ3v) is 1.49. The Morgan fingerprint density at radius 2 is 2.38 bits per heavy atom. The highest BCUT2D eigenvalue weighted by Gasteiger charge is 2.33. The molecule has 0 heterocycles. The summed E-state index contributed by atoms with van der Waals surface area (Å²) >= 11 is 0. The van der Waals surface area contributed by atoms with E-state index in [9.17, 15) is 0 Å². The van der Waals surface area contributed by atoms with Gasteiger partial charge in [-0.3, -0.25) is 0 Å². The zero-order chi connectivity index (χ0) is 5.98. The van der Waals surface area contributed by atoms with Crippen LogP contribution in [-0.4, -0.2) is 13.1 Å². The Labute approximate surface area is 50.5 Å². The normalized spacial score (nSPS) is 33.2. The smallest absolute Gasteiger partial charge is 0.0371 e. The van der Waals surface area contributed by atoms with Crippen molar-refractivity contribution in [3.05, 3.63) is 0 Å². The molecular weight excluding hydrogens is 98.1 g/mol. The molecular formula is C7H11N. The summed E-state index contributed by atoms with van der Waals surface area (Å²) in [5.41, 5.74) is 0. The minimum absolute atomic E-state index is 0.657. The van der Waals surface area contributed by atoms with Gasteiger partial charge >= 0.3 is 0 Å². The summed E-state index contributed by atoms with van der Waals surface area (Å²) in [5, 5.41) is 3.17. The second kappa shape index (κ2) is 2.19. The summed E-state index contributed by atoms with van der Waals surface area (Å²) in [6.07, 6.45) is 1.25. The second-order valence-electron chi connectivity index (χ2n) is 2.13. The first-order chi connectivity index (χ1) is 3.88. The van der Waals surface area contributed by atoms with E-state index in [4.69, 9.17) is 0 Å². The molecule has 1 aliphatic rings. The number of nitrogens with one attached hydrogen (secondary N) is 1. The maximum atomic E-state index is 3.17. The van der Waals surface area contributed by atoms with Crippen LogP contribution in [-0.2, 0) is 0 Å². The van der Waals surface area contributed by atoms with Crippen molar-refractivity contribution in [2.75, 3.05) is 7.05 Å². The predicted octanol–water partition coefficient (Wildman–Crippen LogP) is 0.618. The van der Waals surface area contributed by atoms with Crippen molar-refractivity contribution >= 4 is 0 Å². The Balaban J connectivity index is 2.23. The number of rotatable bonds is 1. The van der Waals surface area contributed by atoms with Crippen molar-refractivity contribution in [2.24, 2.45) is 5.92 Å². The van der Waals surface area contributed by atoms with Crippen molar-refractivity contribution < 1.29 is 0 Å². The highest BCUT2D eigenvalue weighted by molar-refractivity contribution is 5.14. The lowest BCUT2D eigenvalue weighted by atomic mass is 10.4. The van der Waals surface area contributed by atoms with Gasteiger partial charge in [-0.1, -0.05) is 5.92 Å². The molecule has 44 valence electrons. The Bertz CT molecular complexity index is 129. The van der Waals surface area contributed by atoms with Gasteiger partial charge in [-0.2, -0.15) is 0 Å². The molecule has 8 heavy (non-hydrogen) atoms. The molecule has 0 saturated heterocycles. The average molecular weight is 109 g/mol. The lowest BCUT2D eigenvalue weighted by Gasteiger charge is -1.85. The van der Waals surface area contributed by atoms with E-state index in [-0.39, 0.29) is 0 Å². The summed E-state index contributed by atoms with van der Waals surface area (Å²) in [6.45, 7) is 1.89. The standard InChI is InChI=1S/C7H11N/c1-3-4-6-5-7(6)8-2/h6-8H,5H2,1-2H3. The molecule has 1 rings (SSSR count). The van der Waals surface area contributed by atoms with Gasteiger partial charge in [-0.25, -0.2) is 0 Å². The molecule has 0 bridgehead atoms. The topological polar surface area (TPSA) is 12.0 Å². The molecule has 1 fully saturated rings. The van der Waals surface area contributed by atoms with Crippen LogP contribution in [0.15, 0.2) is 0 Å². The molecule has 2 unspecified atom stereocenters. The molecule has 1 saturated carbocycles. The van der Waals surface area contributed by atoms with Crippen molar-refractivity contribution in [3.63, 3.8) is 0 Å². The van der Waals surface area contributed by atoms with Gasteiger partial charge in [0.15, 0.2) is 0 Å². The summed E-state index contributed by atoms with van der Waals surface area (Å²) in [6, 6.07) is 0.697. The highest BCUT2D eigenvalue weighted by atomic mass is 14.9. The Hall–Kier alpha value is -0.480. The Morgan fingerprint density at radius 3 is 2.75 bits per heavy atom. The first-order valence-corrected chi connectivity index (χ1v) is 2.98. The van der Waals surface area contributed by atoms with Gasteiger partial charge in [0, 0.05) is 12.0 Å². The van der Waals surface area contributed by atoms with E-state index in [1.165, 1.54) is 6.42 Å². The van der Waals surface area contributed by atoms with Crippen LogP contribution in [0.3, 0.4) is 0 Å². The van der Waals surface area contributed by atoms with Gasteiger partial charge in [-0.05, 0) is 20.4 Å². The Morgan fingerprint density at radius 1 is 1.62 bits per heavy atom. The molecule has 1 N–H and O–H groups in total. The first kappa shape index (κ1) is 5.65. The van der Waals surface area contributed by atoms with Crippen LogP contribution in [0.1, 0.15) is 13.3 Å². The van der Waals surface area contributed by atoms with Crippen molar-refractivity contribution in [2.45, 2.75) is 19.4 Å². The van der Waals surface area contributed by atoms with E-state index in [1.54, 1.807) is 0 Å². The quantitative estimate of drug-likeness (QED) is 0.487. The molecule has 1 aliphatic carbocycles. The first-order valence-electron chi connectivity index (χ1n) is 2.98. The molecule has 0 radical (unpaired) electrons. The fraction of sp³-hybridized carbons (Fsp3) is 0.714. The van der Waals surface area contributed by atoms with Crippen molar-refractivity contribution in [1.29, 1.82) is 0 Å². The summed E-state index contributed by atoms with van der Waals surface area (Å²) in [7, 11) is 1.99. The monoisotopic (exact) mass is 109 g/mol. The van der Waals surface area contributed by atoms with Gasteiger partial charge in [0.1, 0.15) is 0 Å². The minimum Gasteiger partial charge on any atom is -0.316 e. The van der Waals surface area contributed by atoms with E-state index in [0.717, 1.165) is 0 Å². The second-order valence-corrected chi connectivity index (χ2v) is 2.13. The lowest BCUT2D eigenvalue weighted by molar-refractivity contribution is 0.782. The fourth-order valence-electron chi connectivity index (χ4n) is 0.859. The maximum absolute atomic E-state index is 3.17. The molecule has 0 amide bonds. The maximum Gasteiger partial charge on any atom is 0.0371 e. The van der Waals surface area contributed by atoms with E-state index in [0.29, 0.717) is 12.0 Å². The largest absolute Gasteiger partial charge is 0.316 e.